The quantitative estimate of drug-likeness (QED) is 0.574. The smallest absolute Gasteiger partial charge is 0.317 e. The van der Waals surface area contributed by atoms with E-state index in [1.54, 1.807) is 4.57 Å². The van der Waals surface area contributed by atoms with Crippen LogP contribution < -0.4 is 16.3 Å². The monoisotopic (exact) mass is 512 g/mol. The maximum Gasteiger partial charge on any atom is 0.330 e. The van der Waals surface area contributed by atoms with Gasteiger partial charge < -0.3 is 5.32 Å². The summed E-state index contributed by atoms with van der Waals surface area (Å²) in [5.41, 5.74) is 1.42. The minimum atomic E-state index is -0.799. The molecule has 0 spiro atoms. The minimum Gasteiger partial charge on any atom is -0.317 e. The summed E-state index contributed by atoms with van der Waals surface area (Å²) in [6.45, 7) is 8.87. The number of rotatable bonds is 6. The molecule has 1 unspecified atom stereocenters. The molecular formula is C27H37FN6O3. The summed E-state index contributed by atoms with van der Waals surface area (Å²) in [6, 6.07) is 2.94. The molecule has 2 aromatic rings. The number of nitrogens with zero attached hydrogens (tertiary/aromatic N) is 4. The van der Waals surface area contributed by atoms with E-state index in [1.165, 1.54) is 23.5 Å². The van der Waals surface area contributed by atoms with Crippen molar-refractivity contribution >= 4 is 22.8 Å². The molecule has 3 aliphatic heterocycles. The maximum absolute atomic E-state index is 15.5. The van der Waals surface area contributed by atoms with E-state index in [0.29, 0.717) is 29.2 Å². The molecule has 4 heterocycles. The van der Waals surface area contributed by atoms with Crippen molar-refractivity contribution in [3.8, 4) is 0 Å². The van der Waals surface area contributed by atoms with Gasteiger partial charge in [0.15, 0.2) is 0 Å². The van der Waals surface area contributed by atoms with E-state index in [1.807, 2.05) is 6.07 Å². The summed E-state index contributed by atoms with van der Waals surface area (Å²) in [5.74, 6) is -0.429. The average Bonchev–Trinajstić information content (AvgIpc) is 3.66. The Kier molecular flexibility index (Phi) is 6.66. The van der Waals surface area contributed by atoms with Crippen LogP contribution in [0.25, 0.3) is 11.0 Å². The molecule has 1 aromatic heterocycles. The molecule has 10 heteroatoms. The zero-order valence-corrected chi connectivity index (χ0v) is 21.5. The molecule has 0 radical (unpaired) electrons. The molecule has 2 atom stereocenters. The molecule has 37 heavy (non-hydrogen) atoms. The van der Waals surface area contributed by atoms with E-state index in [0.717, 1.165) is 58.0 Å². The fraction of sp³-hybridized carbons (Fsp3) is 0.667. The Morgan fingerprint density at radius 2 is 1.73 bits per heavy atom. The van der Waals surface area contributed by atoms with Crippen LogP contribution in [0.15, 0.2) is 16.9 Å². The lowest BCUT2D eigenvalue weighted by atomic mass is 9.96. The van der Waals surface area contributed by atoms with Gasteiger partial charge >= 0.3 is 5.69 Å². The highest BCUT2D eigenvalue weighted by Crippen LogP contribution is 2.38. The van der Waals surface area contributed by atoms with Gasteiger partial charge in [0.25, 0.3) is 0 Å². The Hall–Kier alpha value is -2.56. The molecule has 9 nitrogen and oxygen atoms in total. The van der Waals surface area contributed by atoms with Gasteiger partial charge in [-0.3, -0.25) is 33.8 Å². The van der Waals surface area contributed by atoms with Crippen LogP contribution in [0.2, 0.25) is 0 Å². The first-order chi connectivity index (χ1) is 17.9. The van der Waals surface area contributed by atoms with E-state index in [-0.39, 0.29) is 36.3 Å². The normalized spacial score (nSPS) is 26.6. The highest BCUT2D eigenvalue weighted by Gasteiger charge is 2.36. The van der Waals surface area contributed by atoms with Crippen LogP contribution in [-0.2, 0) is 16.1 Å². The van der Waals surface area contributed by atoms with Crippen molar-refractivity contribution in [3.63, 3.8) is 0 Å². The summed E-state index contributed by atoms with van der Waals surface area (Å²) >= 11 is 0. The number of fused-ring (bicyclic) bond motifs is 1. The van der Waals surface area contributed by atoms with Crippen molar-refractivity contribution in [1.82, 2.24) is 29.6 Å². The first kappa shape index (κ1) is 24.8. The summed E-state index contributed by atoms with van der Waals surface area (Å²) in [7, 11) is 0. The number of halogens is 1. The molecular weight excluding hydrogens is 475 g/mol. The Morgan fingerprint density at radius 1 is 0.973 bits per heavy atom. The second-order valence-electron chi connectivity index (χ2n) is 11.4. The fourth-order valence-electron chi connectivity index (χ4n) is 6.46. The number of amides is 2. The molecule has 4 aliphatic rings. The number of piperidine rings is 2. The number of carbonyl (C=O) groups is 2. The third-order valence-corrected chi connectivity index (χ3v) is 8.70. The van der Waals surface area contributed by atoms with Crippen LogP contribution in [0.3, 0.4) is 0 Å². The number of benzene rings is 1. The third-order valence-electron chi connectivity index (χ3n) is 8.70. The molecule has 1 aromatic carbocycles. The summed E-state index contributed by atoms with van der Waals surface area (Å²) < 4.78 is 18.6. The SMILES string of the molecule is C[C@H]1CN(Cc2cc3c(cc2F)n(C2CCC(=O)NC2=O)c(=O)n3C2CC2)CCN1CC1CCNCC1. The number of hydrogen-bond acceptors (Lipinski definition) is 6. The Morgan fingerprint density at radius 3 is 2.43 bits per heavy atom. The number of imide groups is 1. The molecule has 6 rings (SSSR count). The summed E-state index contributed by atoms with van der Waals surface area (Å²) in [5, 5.41) is 5.77. The van der Waals surface area contributed by atoms with Crippen LogP contribution in [0.1, 0.15) is 63.1 Å². The van der Waals surface area contributed by atoms with Crippen LogP contribution in [0.4, 0.5) is 4.39 Å². The van der Waals surface area contributed by atoms with Gasteiger partial charge in [0, 0.05) is 62.9 Å². The van der Waals surface area contributed by atoms with Crippen LogP contribution in [0, 0.1) is 11.7 Å². The van der Waals surface area contributed by atoms with Gasteiger partial charge in [0.2, 0.25) is 11.8 Å². The minimum absolute atomic E-state index is 0.0846. The second kappa shape index (κ2) is 9.96. The summed E-state index contributed by atoms with van der Waals surface area (Å²) in [6.07, 6.45) is 4.69. The number of imidazole rings is 1. The predicted octanol–water partition coefficient (Wildman–Crippen LogP) is 1.76. The van der Waals surface area contributed by atoms with Crippen molar-refractivity contribution in [2.24, 2.45) is 5.92 Å². The highest BCUT2D eigenvalue weighted by molar-refractivity contribution is 6.00. The lowest BCUT2D eigenvalue weighted by Crippen LogP contribution is -2.53. The van der Waals surface area contributed by atoms with E-state index in [9.17, 15) is 14.4 Å². The van der Waals surface area contributed by atoms with Gasteiger partial charge in [-0.25, -0.2) is 9.18 Å². The fourth-order valence-corrected chi connectivity index (χ4v) is 6.46. The van der Waals surface area contributed by atoms with Crippen molar-refractivity contribution < 1.29 is 14.0 Å². The lowest BCUT2D eigenvalue weighted by molar-refractivity contribution is -0.135. The molecule has 2 N–H and O–H groups in total. The Balaban J connectivity index is 1.23. The van der Waals surface area contributed by atoms with Gasteiger partial charge in [-0.1, -0.05) is 0 Å². The Labute approximate surface area is 216 Å². The zero-order valence-electron chi connectivity index (χ0n) is 21.5. The zero-order chi connectivity index (χ0) is 25.7. The molecule has 4 fully saturated rings. The summed E-state index contributed by atoms with van der Waals surface area (Å²) in [4.78, 5) is 42.6. The first-order valence-electron chi connectivity index (χ1n) is 13.8. The second-order valence-corrected chi connectivity index (χ2v) is 11.4. The first-order valence-corrected chi connectivity index (χ1v) is 13.8. The van der Waals surface area contributed by atoms with E-state index < -0.39 is 11.9 Å². The van der Waals surface area contributed by atoms with E-state index in [2.05, 4.69) is 27.4 Å². The topological polar surface area (TPSA) is 91.6 Å². The molecule has 1 saturated carbocycles. The van der Waals surface area contributed by atoms with Gasteiger partial charge in [0.1, 0.15) is 11.9 Å². The average molecular weight is 513 g/mol. The van der Waals surface area contributed by atoms with Crippen LogP contribution >= 0.6 is 0 Å². The predicted molar refractivity (Wildman–Crippen MR) is 138 cm³/mol. The van der Waals surface area contributed by atoms with Gasteiger partial charge in [-0.2, -0.15) is 0 Å². The van der Waals surface area contributed by atoms with Crippen molar-refractivity contribution in [2.75, 3.05) is 39.3 Å². The molecule has 2 amide bonds. The molecule has 3 saturated heterocycles. The van der Waals surface area contributed by atoms with E-state index in [4.69, 9.17) is 0 Å². The van der Waals surface area contributed by atoms with Crippen molar-refractivity contribution in [2.45, 2.75) is 70.1 Å². The third kappa shape index (κ3) is 4.86. The largest absolute Gasteiger partial charge is 0.330 e. The lowest BCUT2D eigenvalue weighted by Gasteiger charge is -2.42. The van der Waals surface area contributed by atoms with E-state index >= 15 is 4.39 Å². The number of carbonyl (C=O) groups excluding carboxylic acids is 2. The van der Waals surface area contributed by atoms with Gasteiger partial charge in [-0.05, 0) is 64.1 Å². The molecule has 1 aliphatic carbocycles. The maximum atomic E-state index is 15.5. The standard InChI is InChI=1S/C27H37FN6O3/c1-17-14-31(10-11-32(17)15-18-6-8-29-9-7-18)16-19-12-23-24(13-21(19)28)34(27(37)33(23)20-2-3-20)22-4-5-25(35)30-26(22)36/h12-13,17-18,20,22,29H,2-11,14-16H2,1H3,(H,30,35,36)/t17-,22?/m0/s1. The highest BCUT2D eigenvalue weighted by atomic mass is 19.1. The van der Waals surface area contributed by atoms with Crippen LogP contribution in [-0.4, -0.2) is 76.1 Å². The molecule has 0 bridgehead atoms. The number of hydrogen-bond donors (Lipinski definition) is 2. The van der Waals surface area contributed by atoms with Gasteiger partial charge in [-0.15, -0.1) is 0 Å². The van der Waals surface area contributed by atoms with Gasteiger partial charge in [0.05, 0.1) is 11.0 Å². The Bertz CT molecular complexity index is 1260. The van der Waals surface area contributed by atoms with Crippen molar-refractivity contribution in [1.29, 1.82) is 0 Å². The number of aromatic nitrogens is 2. The van der Waals surface area contributed by atoms with Crippen LogP contribution in [0.5, 0.6) is 0 Å². The van der Waals surface area contributed by atoms with Crippen molar-refractivity contribution in [3.05, 3.63) is 34.0 Å². The number of nitrogens with one attached hydrogen (secondary N) is 2. The number of piperazine rings is 1. The molecule has 200 valence electrons.